The molecule has 1 aliphatic rings. The number of nitrogens with zero attached hydrogens (tertiary/aromatic N) is 3. The number of carbonyl (C=O) groups is 1. The number of primary amides is 1. The van der Waals surface area contributed by atoms with Crippen LogP contribution in [-0.2, 0) is 17.8 Å². The van der Waals surface area contributed by atoms with Crippen molar-refractivity contribution in [3.05, 3.63) is 34.8 Å². The highest BCUT2D eigenvalue weighted by atomic mass is 32.1. The zero-order chi connectivity index (χ0) is 15.5. The standard InChI is InChI=1S/C15H18N4O2S/c1-2-21-15-18-17-13(22-15)9-19-8-11(14(16)20)7-10-5-3-4-6-12(10)19/h3-6,11H,2,7-9H2,1H3,(H2,16,20)/t11-/m0/s1. The Morgan fingerprint density at radius 1 is 1.45 bits per heavy atom. The predicted octanol–water partition coefficient (Wildman–Crippen LogP) is 1.60. The van der Waals surface area contributed by atoms with Gasteiger partial charge in [0.1, 0.15) is 5.01 Å². The van der Waals surface area contributed by atoms with Crippen LogP contribution >= 0.6 is 11.3 Å². The van der Waals surface area contributed by atoms with Gasteiger partial charge in [0, 0.05) is 12.2 Å². The Hall–Kier alpha value is -2.15. The van der Waals surface area contributed by atoms with Crippen LogP contribution in [0.1, 0.15) is 17.5 Å². The number of ether oxygens (including phenoxy) is 1. The number of aromatic nitrogens is 2. The lowest BCUT2D eigenvalue weighted by Gasteiger charge is -2.34. The maximum absolute atomic E-state index is 11.6. The molecule has 0 unspecified atom stereocenters. The van der Waals surface area contributed by atoms with Crippen LogP contribution in [0.25, 0.3) is 0 Å². The van der Waals surface area contributed by atoms with Crippen LogP contribution in [0.5, 0.6) is 5.19 Å². The largest absolute Gasteiger partial charge is 0.469 e. The Balaban J connectivity index is 1.83. The fraction of sp³-hybridized carbons (Fsp3) is 0.400. The van der Waals surface area contributed by atoms with E-state index in [1.54, 1.807) is 0 Å². The first-order valence-corrected chi connectivity index (χ1v) is 8.06. The van der Waals surface area contributed by atoms with Crippen LogP contribution in [-0.4, -0.2) is 29.3 Å². The summed E-state index contributed by atoms with van der Waals surface area (Å²) in [5, 5.41) is 9.61. The average Bonchev–Trinajstić information content (AvgIpc) is 2.94. The molecule has 7 heteroatoms. The molecule has 1 aliphatic heterocycles. The third-order valence-electron chi connectivity index (χ3n) is 3.68. The topological polar surface area (TPSA) is 81.3 Å². The Morgan fingerprint density at radius 2 is 2.27 bits per heavy atom. The molecule has 0 bridgehead atoms. The van der Waals surface area contributed by atoms with Crippen LogP contribution in [0.3, 0.4) is 0 Å². The zero-order valence-electron chi connectivity index (χ0n) is 12.4. The molecular formula is C15H18N4O2S. The van der Waals surface area contributed by atoms with Gasteiger partial charge < -0.3 is 15.4 Å². The Morgan fingerprint density at radius 3 is 3.05 bits per heavy atom. The van der Waals surface area contributed by atoms with E-state index in [1.165, 1.54) is 11.3 Å². The van der Waals surface area contributed by atoms with Gasteiger partial charge in [-0.15, -0.1) is 5.10 Å². The van der Waals surface area contributed by atoms with Crippen molar-refractivity contribution in [2.24, 2.45) is 11.7 Å². The van der Waals surface area contributed by atoms with E-state index in [1.807, 2.05) is 25.1 Å². The molecule has 1 aromatic heterocycles. The summed E-state index contributed by atoms with van der Waals surface area (Å²) in [5.74, 6) is -0.430. The van der Waals surface area contributed by atoms with E-state index < -0.39 is 0 Å². The lowest BCUT2D eigenvalue weighted by Crippen LogP contribution is -2.41. The van der Waals surface area contributed by atoms with Crippen molar-refractivity contribution >= 4 is 22.9 Å². The molecule has 3 rings (SSSR count). The summed E-state index contributed by atoms with van der Waals surface area (Å²) < 4.78 is 5.36. The van der Waals surface area contributed by atoms with E-state index in [9.17, 15) is 4.79 Å². The highest BCUT2D eigenvalue weighted by molar-refractivity contribution is 7.13. The molecule has 2 N–H and O–H groups in total. The van der Waals surface area contributed by atoms with Gasteiger partial charge in [-0.05, 0) is 25.0 Å². The molecule has 0 saturated heterocycles. The fourth-order valence-electron chi connectivity index (χ4n) is 2.67. The molecule has 0 spiro atoms. The summed E-state index contributed by atoms with van der Waals surface area (Å²) in [5.41, 5.74) is 7.79. The van der Waals surface area contributed by atoms with Crippen molar-refractivity contribution in [2.45, 2.75) is 19.9 Å². The van der Waals surface area contributed by atoms with E-state index >= 15 is 0 Å². The van der Waals surface area contributed by atoms with Crippen LogP contribution in [0.2, 0.25) is 0 Å². The summed E-state index contributed by atoms with van der Waals surface area (Å²) in [6.45, 7) is 3.70. The molecular weight excluding hydrogens is 300 g/mol. The van der Waals surface area contributed by atoms with Crippen LogP contribution < -0.4 is 15.4 Å². The molecule has 1 atom stereocenters. The number of hydrogen-bond acceptors (Lipinski definition) is 6. The van der Waals surface area contributed by atoms with E-state index in [-0.39, 0.29) is 11.8 Å². The summed E-state index contributed by atoms with van der Waals surface area (Å²) in [6.07, 6.45) is 0.697. The number of anilines is 1. The number of para-hydroxylation sites is 1. The molecule has 6 nitrogen and oxygen atoms in total. The molecule has 0 saturated carbocycles. The normalized spacial score (nSPS) is 17.1. The van der Waals surface area contributed by atoms with Crippen LogP contribution in [0.15, 0.2) is 24.3 Å². The van der Waals surface area contributed by atoms with E-state index in [0.717, 1.165) is 16.3 Å². The maximum atomic E-state index is 11.6. The monoisotopic (exact) mass is 318 g/mol. The summed E-state index contributed by atoms with van der Waals surface area (Å²) in [7, 11) is 0. The third kappa shape index (κ3) is 3.04. The van der Waals surface area contributed by atoms with Crippen molar-refractivity contribution in [1.82, 2.24) is 10.2 Å². The molecule has 1 amide bonds. The van der Waals surface area contributed by atoms with Crippen molar-refractivity contribution < 1.29 is 9.53 Å². The first-order chi connectivity index (χ1) is 10.7. The highest BCUT2D eigenvalue weighted by Gasteiger charge is 2.28. The van der Waals surface area contributed by atoms with Gasteiger partial charge in [-0.3, -0.25) is 4.79 Å². The van der Waals surface area contributed by atoms with Crippen molar-refractivity contribution in [3.63, 3.8) is 0 Å². The predicted molar refractivity (Wildman–Crippen MR) is 85.0 cm³/mol. The Kier molecular flexibility index (Phi) is 4.24. The number of hydrogen-bond donors (Lipinski definition) is 1. The van der Waals surface area contributed by atoms with Gasteiger partial charge in [0.2, 0.25) is 5.91 Å². The van der Waals surface area contributed by atoms with Gasteiger partial charge in [-0.1, -0.05) is 34.6 Å². The number of amides is 1. The molecule has 0 aliphatic carbocycles. The quantitative estimate of drug-likeness (QED) is 0.905. The fourth-order valence-corrected chi connectivity index (χ4v) is 3.44. The second kappa shape index (κ2) is 6.31. The van der Waals surface area contributed by atoms with Gasteiger partial charge in [-0.2, -0.15) is 0 Å². The van der Waals surface area contributed by atoms with Crippen molar-refractivity contribution in [1.29, 1.82) is 0 Å². The van der Waals surface area contributed by atoms with Crippen LogP contribution in [0.4, 0.5) is 5.69 Å². The number of benzene rings is 1. The van der Waals surface area contributed by atoms with Crippen molar-refractivity contribution in [3.8, 4) is 5.19 Å². The zero-order valence-corrected chi connectivity index (χ0v) is 13.2. The number of nitrogens with two attached hydrogens (primary N) is 1. The number of rotatable bonds is 5. The Bertz CT molecular complexity index is 673. The summed E-state index contributed by atoms with van der Waals surface area (Å²) in [4.78, 5) is 13.7. The molecule has 1 aromatic carbocycles. The summed E-state index contributed by atoms with van der Waals surface area (Å²) >= 11 is 1.43. The van der Waals surface area contributed by atoms with E-state index in [2.05, 4.69) is 21.2 Å². The molecule has 0 radical (unpaired) electrons. The van der Waals surface area contributed by atoms with Crippen molar-refractivity contribution in [2.75, 3.05) is 18.1 Å². The minimum Gasteiger partial charge on any atom is -0.469 e. The minimum absolute atomic E-state index is 0.172. The highest BCUT2D eigenvalue weighted by Crippen LogP contribution is 2.31. The maximum Gasteiger partial charge on any atom is 0.294 e. The second-order valence-electron chi connectivity index (χ2n) is 5.21. The van der Waals surface area contributed by atoms with Gasteiger partial charge in [-0.25, -0.2) is 0 Å². The third-order valence-corrected chi connectivity index (χ3v) is 4.50. The van der Waals surface area contributed by atoms with Gasteiger partial charge in [0.25, 0.3) is 5.19 Å². The Labute approximate surface area is 132 Å². The lowest BCUT2D eigenvalue weighted by atomic mass is 9.92. The first kappa shape index (κ1) is 14.8. The lowest BCUT2D eigenvalue weighted by molar-refractivity contribution is -0.121. The SMILES string of the molecule is CCOc1nnc(CN2C[C@@H](C(N)=O)Cc3ccccc32)s1. The molecule has 116 valence electrons. The molecule has 2 aromatic rings. The van der Waals surface area contributed by atoms with Gasteiger partial charge in [0.15, 0.2) is 0 Å². The minimum atomic E-state index is -0.258. The number of carbonyl (C=O) groups excluding carboxylic acids is 1. The smallest absolute Gasteiger partial charge is 0.294 e. The van der Waals surface area contributed by atoms with E-state index in [4.69, 9.17) is 10.5 Å². The van der Waals surface area contributed by atoms with Gasteiger partial charge in [0.05, 0.1) is 19.1 Å². The molecule has 2 heterocycles. The summed E-state index contributed by atoms with van der Waals surface area (Å²) in [6, 6.07) is 8.10. The second-order valence-corrected chi connectivity index (χ2v) is 6.23. The average molecular weight is 318 g/mol. The first-order valence-electron chi connectivity index (χ1n) is 7.24. The van der Waals surface area contributed by atoms with Gasteiger partial charge >= 0.3 is 0 Å². The molecule has 22 heavy (non-hydrogen) atoms. The number of fused-ring (bicyclic) bond motifs is 1. The molecule has 0 fully saturated rings. The van der Waals surface area contributed by atoms with E-state index in [0.29, 0.717) is 31.3 Å². The van der Waals surface area contributed by atoms with Crippen LogP contribution in [0, 0.1) is 5.92 Å².